The molecule has 0 saturated heterocycles. The number of aliphatic hydroxyl groups is 2. The second kappa shape index (κ2) is 36.3. The summed E-state index contributed by atoms with van der Waals surface area (Å²) in [4.78, 5) is 97.8. The number of carbonyl (C=O) groups excluding carboxylic acids is 7. The summed E-state index contributed by atoms with van der Waals surface area (Å²) >= 11 is 31.5. The maximum Gasteiger partial charge on any atom is 0.249 e. The summed E-state index contributed by atoms with van der Waals surface area (Å²) in [5.41, 5.74) is 0.305. The fourth-order valence-corrected chi connectivity index (χ4v) is 10.8. The number of nitrogens with zero attached hydrogens (tertiary/aromatic N) is 2. The van der Waals surface area contributed by atoms with Crippen molar-refractivity contribution in [3.63, 3.8) is 0 Å². The molecular formula is C53H89N14O9S7+. The first-order valence-corrected chi connectivity index (χ1v) is 32.0. The summed E-state index contributed by atoms with van der Waals surface area (Å²) in [5, 5.41) is 57.8. The largest absolute Gasteiger partial charge is 0.384 e. The number of amides is 7. The van der Waals surface area contributed by atoms with E-state index in [9.17, 15) is 43.8 Å². The number of imidazole rings is 1. The molecule has 0 spiro atoms. The predicted molar refractivity (Wildman–Crippen MR) is 347 cm³/mol. The number of aromatic nitrogens is 2. The molecule has 0 aliphatic carbocycles. The van der Waals surface area contributed by atoms with Crippen molar-refractivity contribution in [2.24, 2.45) is 31.8 Å². The minimum Gasteiger partial charge on any atom is -0.384 e. The Labute approximate surface area is 524 Å². The van der Waals surface area contributed by atoms with Gasteiger partial charge in [0.25, 0.3) is 0 Å². The van der Waals surface area contributed by atoms with E-state index in [1.54, 1.807) is 68.3 Å². The van der Waals surface area contributed by atoms with Crippen molar-refractivity contribution in [1.82, 2.24) is 68.4 Å². The van der Waals surface area contributed by atoms with E-state index in [1.807, 2.05) is 54.7 Å². The van der Waals surface area contributed by atoms with Crippen LogP contribution in [0.1, 0.15) is 114 Å². The van der Waals surface area contributed by atoms with Gasteiger partial charge in [-0.25, -0.2) is 9.13 Å². The molecule has 0 aromatic carbocycles. The number of aliphatic hydroxyl groups excluding tert-OH is 2. The van der Waals surface area contributed by atoms with Gasteiger partial charge in [-0.15, -0.1) is 11.8 Å². The van der Waals surface area contributed by atoms with Gasteiger partial charge in [0.1, 0.15) is 54.7 Å². The van der Waals surface area contributed by atoms with Gasteiger partial charge >= 0.3 is 0 Å². The Hall–Kier alpha value is -4.69. The number of nitrogens with one attached hydrogen (secondary N) is 12. The molecule has 1 aromatic heterocycles. The molecular weight excluding hydrogens is 1200 g/mol. The molecule has 14 atom stereocenters. The van der Waals surface area contributed by atoms with Crippen molar-refractivity contribution in [2.45, 2.75) is 181 Å². The molecule has 2 unspecified atom stereocenters. The molecule has 23 nitrogen and oxygen atoms in total. The molecule has 14 N–H and O–H groups in total. The molecule has 2 heterocycles. The Morgan fingerprint density at radius 3 is 1.78 bits per heavy atom. The first-order valence-electron chi connectivity index (χ1n) is 27.5. The van der Waals surface area contributed by atoms with E-state index in [1.165, 1.54) is 25.5 Å². The van der Waals surface area contributed by atoms with Crippen molar-refractivity contribution >= 4 is 151 Å². The van der Waals surface area contributed by atoms with Crippen molar-refractivity contribution in [3.8, 4) is 0 Å². The third-order valence-corrected chi connectivity index (χ3v) is 17.0. The lowest BCUT2D eigenvalue weighted by molar-refractivity contribution is -0.671. The minimum atomic E-state index is -1.55. The zero-order valence-electron chi connectivity index (χ0n) is 50.1. The van der Waals surface area contributed by atoms with Crippen LogP contribution in [0, 0.1) is 17.8 Å². The van der Waals surface area contributed by atoms with E-state index in [4.69, 9.17) is 61.1 Å². The number of carbonyl (C=O) groups is 7. The van der Waals surface area contributed by atoms with Gasteiger partial charge in [0, 0.05) is 12.0 Å². The Balaban J connectivity index is 2.27. The van der Waals surface area contributed by atoms with Crippen molar-refractivity contribution in [2.75, 3.05) is 17.8 Å². The Morgan fingerprint density at radius 2 is 1.28 bits per heavy atom. The van der Waals surface area contributed by atoms with Crippen LogP contribution < -0.4 is 68.4 Å². The molecule has 0 fully saturated rings. The smallest absolute Gasteiger partial charge is 0.249 e. The molecule has 1 aromatic rings. The summed E-state index contributed by atoms with van der Waals surface area (Å²) in [6, 6.07) is -9.77. The number of aryl methyl sites for hydroxylation is 2. The first kappa shape index (κ1) is 74.4. The van der Waals surface area contributed by atoms with Crippen LogP contribution in [0.4, 0.5) is 0 Å². The van der Waals surface area contributed by atoms with Gasteiger partial charge < -0.3 is 74.0 Å². The van der Waals surface area contributed by atoms with Crippen molar-refractivity contribution in [1.29, 1.82) is 0 Å². The monoisotopic (exact) mass is 1290 g/mol. The van der Waals surface area contributed by atoms with Gasteiger partial charge in [-0.3, -0.25) is 33.6 Å². The average Bonchev–Trinajstić information content (AvgIpc) is 3.78. The highest BCUT2D eigenvalue weighted by atomic mass is 32.2. The molecule has 7 amide bonds. The molecule has 2 rings (SSSR count). The van der Waals surface area contributed by atoms with Crippen LogP contribution in [0.5, 0.6) is 0 Å². The van der Waals surface area contributed by atoms with Crippen molar-refractivity contribution < 1.29 is 48.3 Å². The lowest BCUT2D eigenvalue weighted by atomic mass is 9.97. The van der Waals surface area contributed by atoms with E-state index >= 15 is 0 Å². The lowest BCUT2D eigenvalue weighted by Gasteiger charge is -2.30. The second-order valence-corrected chi connectivity index (χ2v) is 25.7. The van der Waals surface area contributed by atoms with E-state index in [-0.39, 0.29) is 35.0 Å². The fourth-order valence-electron chi connectivity index (χ4n) is 8.05. The summed E-state index contributed by atoms with van der Waals surface area (Å²) in [7, 11) is 3.40. The Kier molecular flexibility index (Phi) is 32.6. The highest BCUT2D eigenvalue weighted by molar-refractivity contribution is 8.02. The highest BCUT2D eigenvalue weighted by Gasteiger charge is 2.38. The van der Waals surface area contributed by atoms with Gasteiger partial charge in [0.2, 0.25) is 47.7 Å². The quantitative estimate of drug-likeness (QED) is 0.0496. The van der Waals surface area contributed by atoms with Gasteiger partial charge in [0.05, 0.1) is 69.2 Å². The maximum atomic E-state index is 14.2. The van der Waals surface area contributed by atoms with Crippen LogP contribution in [-0.4, -0.2) is 171 Å². The SMILES string of the molecule is CC[C@H](C)[C@@H]1NC(=O)[C@H](NC(=O)[C@H](C)NC(=S)[C@H](C)NC(=S)[C@H](C)NC(=S)[C@H](C)NC(=S)[C@H](CCSC)NC(=S)[C@@H](NC(=O)C(C)O)C(C)C)CS/C=C\NC(=O)[C@H](C(O)c2c[n+](C)cn2C)NC(=O)[C@H](CC(C)C)NC(=O)[C@H](C)NC1=O. The van der Waals surface area contributed by atoms with Crippen LogP contribution in [0.15, 0.2) is 24.1 Å². The highest BCUT2D eigenvalue weighted by Crippen LogP contribution is 2.18. The third kappa shape index (κ3) is 24.7. The molecule has 0 bridgehead atoms. The van der Waals surface area contributed by atoms with Crippen LogP contribution in [0.2, 0.25) is 0 Å². The first-order chi connectivity index (χ1) is 38.7. The van der Waals surface area contributed by atoms with Gasteiger partial charge in [0.15, 0.2) is 5.69 Å². The Bertz CT molecular complexity index is 2500. The van der Waals surface area contributed by atoms with Gasteiger partial charge in [-0.05, 0) is 89.6 Å². The number of thiocarbonyl (C=S) groups is 5. The van der Waals surface area contributed by atoms with E-state index in [0.29, 0.717) is 38.5 Å². The molecule has 83 heavy (non-hydrogen) atoms. The number of thioether (sulfide) groups is 2. The molecule has 1 aliphatic heterocycles. The van der Waals surface area contributed by atoms with E-state index in [2.05, 4.69) is 63.8 Å². The number of hydrogen-bond acceptors (Lipinski definition) is 16. The summed E-state index contributed by atoms with van der Waals surface area (Å²) in [5.74, 6) is -4.74. The van der Waals surface area contributed by atoms with Crippen molar-refractivity contribution in [3.05, 3.63) is 29.8 Å². The number of rotatable bonds is 24. The standard InChI is InChI=1S/C53H88N14O9S7/c1-16-27(6)39-48(76)55-28(7)42(70)60-35(21-25(2)3)45(73)65-40(41(69)37-22-66(13)24-67(37)14)47(75)54-18-20-83-23-36(46(74)64-39)61-43(71)29(8)56-49(77)30(9)57-50(78)31(10)58-51(79)32(11)59-52(80)34(17-19-82-15)62-53(81)38(26(4)5)63-44(72)33(12)68/h18,20,22,24-36,38-41,68-69H,16-17,19,21,23H2,1-15H3,(H11-,54,55,56,57,58,59,60,61,62,63,64,65,70,71,72,73,74,75,76,77,78,79,80,81)/p+1/b20-18-/t27-,28-,29-,30-,31-,32-,33?,34-,35-,36+,38-,39-,40-,41?/m0/s1. The average molecular weight is 1290 g/mol. The maximum absolute atomic E-state index is 14.2. The molecule has 30 heteroatoms. The van der Waals surface area contributed by atoms with Crippen LogP contribution in [0.3, 0.4) is 0 Å². The zero-order valence-corrected chi connectivity index (χ0v) is 55.8. The summed E-state index contributed by atoms with van der Waals surface area (Å²) in [6.45, 7) is 20.9. The fraction of sp³-hybridized carbons (Fsp3) is 0.679. The van der Waals surface area contributed by atoms with Crippen LogP contribution in [-0.2, 0) is 47.7 Å². The second-order valence-electron chi connectivity index (χ2n) is 21.5. The number of hydrogen-bond donors (Lipinski definition) is 14. The normalized spacial score (nSPS) is 22.2. The summed E-state index contributed by atoms with van der Waals surface area (Å²) in [6.07, 6.45) is 4.99. The lowest BCUT2D eigenvalue weighted by Crippen LogP contribution is -2.61. The molecule has 466 valence electrons. The van der Waals surface area contributed by atoms with Gasteiger partial charge in [-0.1, -0.05) is 109 Å². The van der Waals surface area contributed by atoms with Crippen LogP contribution in [0.25, 0.3) is 0 Å². The Morgan fingerprint density at radius 1 is 0.723 bits per heavy atom. The predicted octanol–water partition coefficient (Wildman–Crippen LogP) is 0.536. The topological polar surface area (TPSA) is 313 Å². The third-order valence-electron chi connectivity index (χ3n) is 13.3. The molecule has 0 radical (unpaired) electrons. The van der Waals surface area contributed by atoms with E-state index in [0.717, 1.165) is 17.5 Å². The van der Waals surface area contributed by atoms with Gasteiger partial charge in [-0.2, -0.15) is 11.8 Å². The van der Waals surface area contributed by atoms with Crippen LogP contribution >= 0.6 is 84.6 Å². The zero-order chi connectivity index (χ0) is 63.2. The molecule has 1 aliphatic rings. The minimum absolute atomic E-state index is 0.0735. The molecule has 0 saturated carbocycles. The van der Waals surface area contributed by atoms with E-state index < -0.39 is 120 Å². The summed E-state index contributed by atoms with van der Waals surface area (Å²) < 4.78 is 3.27.